The zero-order valence-electron chi connectivity index (χ0n) is 8.18. The van der Waals surface area contributed by atoms with Gasteiger partial charge in [-0.1, -0.05) is 22.6 Å². The molecule has 1 saturated heterocycles. The van der Waals surface area contributed by atoms with Gasteiger partial charge in [0.05, 0.1) is 20.3 Å². The van der Waals surface area contributed by atoms with Crippen molar-refractivity contribution in [2.24, 2.45) is 0 Å². The largest absolute Gasteiger partial charge is 0.370 e. The quantitative estimate of drug-likeness (QED) is 0.405. The number of rotatable bonds is 1. The summed E-state index contributed by atoms with van der Waals surface area (Å²) in [4.78, 5) is 0. The number of quaternary nitrogens is 1. The maximum absolute atomic E-state index is 5.45. The van der Waals surface area contributed by atoms with Gasteiger partial charge in [0.2, 0.25) is 0 Å². The SMILES string of the molecule is C[N+]1(C23CC(I)(C2)C3)CCOCC1. The van der Waals surface area contributed by atoms with E-state index < -0.39 is 0 Å². The van der Waals surface area contributed by atoms with Crippen molar-refractivity contribution in [1.29, 1.82) is 0 Å². The van der Waals surface area contributed by atoms with E-state index in [1.165, 1.54) is 36.8 Å². The molecule has 3 aliphatic carbocycles. The van der Waals surface area contributed by atoms with Crippen LogP contribution in [0.1, 0.15) is 19.3 Å². The second-order valence-electron chi connectivity index (χ2n) is 5.36. The predicted molar refractivity (Wildman–Crippen MR) is 60.1 cm³/mol. The van der Waals surface area contributed by atoms with Crippen LogP contribution in [-0.4, -0.2) is 46.8 Å². The summed E-state index contributed by atoms with van der Waals surface area (Å²) in [6, 6.07) is 0. The van der Waals surface area contributed by atoms with Gasteiger partial charge >= 0.3 is 0 Å². The standard InChI is InChI=1S/C10H17INO/c1-12(2-4-13-5-3-12)10-6-9(11,7-10)8-10/h2-8H2,1H3/q+1. The van der Waals surface area contributed by atoms with Gasteiger partial charge in [-0.3, -0.25) is 0 Å². The van der Waals surface area contributed by atoms with Gasteiger partial charge < -0.3 is 9.22 Å². The molecule has 0 aromatic heterocycles. The van der Waals surface area contributed by atoms with Crippen LogP contribution in [0.4, 0.5) is 0 Å². The third kappa shape index (κ3) is 1.01. The molecule has 1 heterocycles. The van der Waals surface area contributed by atoms with Crippen molar-refractivity contribution >= 4 is 22.6 Å². The van der Waals surface area contributed by atoms with Gasteiger partial charge in [0, 0.05) is 22.7 Å². The Labute approximate surface area is 93.4 Å². The Balaban J connectivity index is 1.77. The van der Waals surface area contributed by atoms with Crippen LogP contribution in [0.25, 0.3) is 0 Å². The molecule has 3 heteroatoms. The summed E-state index contributed by atoms with van der Waals surface area (Å²) in [5.74, 6) is 0. The highest BCUT2D eigenvalue weighted by Gasteiger charge is 2.75. The van der Waals surface area contributed by atoms with E-state index in [1.807, 2.05) is 0 Å². The highest BCUT2D eigenvalue weighted by Crippen LogP contribution is 2.70. The van der Waals surface area contributed by atoms with E-state index >= 15 is 0 Å². The second kappa shape index (κ2) is 2.42. The Morgan fingerprint density at radius 3 is 2.15 bits per heavy atom. The molecule has 0 aromatic rings. The summed E-state index contributed by atoms with van der Waals surface area (Å²) in [5.41, 5.74) is 0.685. The molecule has 4 rings (SSSR count). The van der Waals surface area contributed by atoms with E-state index in [0.717, 1.165) is 16.6 Å². The molecule has 74 valence electrons. The van der Waals surface area contributed by atoms with E-state index in [-0.39, 0.29) is 0 Å². The van der Waals surface area contributed by atoms with Crippen molar-refractivity contribution in [2.45, 2.75) is 28.2 Å². The summed E-state index contributed by atoms with van der Waals surface area (Å²) in [5, 5.41) is 0. The first-order valence-corrected chi connectivity index (χ1v) is 6.27. The first-order valence-electron chi connectivity index (χ1n) is 5.19. The van der Waals surface area contributed by atoms with Crippen LogP contribution < -0.4 is 0 Å². The molecule has 0 radical (unpaired) electrons. The number of ether oxygens (including phenoxy) is 1. The molecule has 3 saturated carbocycles. The summed E-state index contributed by atoms with van der Waals surface area (Å²) in [7, 11) is 2.44. The summed E-state index contributed by atoms with van der Waals surface area (Å²) in [6.07, 6.45) is 4.41. The van der Waals surface area contributed by atoms with Crippen molar-refractivity contribution in [1.82, 2.24) is 0 Å². The summed E-state index contributed by atoms with van der Waals surface area (Å²) >= 11 is 2.66. The number of hydrogen-bond acceptors (Lipinski definition) is 1. The van der Waals surface area contributed by atoms with E-state index in [4.69, 9.17) is 4.74 Å². The highest BCUT2D eigenvalue weighted by atomic mass is 127. The fraction of sp³-hybridized carbons (Fsp3) is 1.00. The van der Waals surface area contributed by atoms with Crippen LogP contribution in [0.2, 0.25) is 0 Å². The lowest BCUT2D eigenvalue weighted by molar-refractivity contribution is -0.984. The number of morpholine rings is 1. The van der Waals surface area contributed by atoms with E-state index in [9.17, 15) is 0 Å². The topological polar surface area (TPSA) is 9.23 Å². The molecule has 0 unspecified atom stereocenters. The monoisotopic (exact) mass is 294 g/mol. The molecule has 4 aliphatic rings. The predicted octanol–water partition coefficient (Wildman–Crippen LogP) is 1.57. The van der Waals surface area contributed by atoms with Crippen LogP contribution in [0.3, 0.4) is 0 Å². The molecular weight excluding hydrogens is 277 g/mol. The fourth-order valence-corrected chi connectivity index (χ4v) is 5.54. The van der Waals surface area contributed by atoms with Crippen LogP contribution in [0, 0.1) is 0 Å². The number of nitrogens with zero attached hydrogens (tertiary/aromatic N) is 1. The third-order valence-electron chi connectivity index (χ3n) is 4.54. The van der Waals surface area contributed by atoms with Crippen molar-refractivity contribution in [2.75, 3.05) is 33.4 Å². The molecule has 0 amide bonds. The van der Waals surface area contributed by atoms with Crippen molar-refractivity contribution in [3.63, 3.8) is 0 Å². The normalized spacial score (nSPS) is 52.2. The highest BCUT2D eigenvalue weighted by molar-refractivity contribution is 14.1. The first-order chi connectivity index (χ1) is 6.08. The van der Waals surface area contributed by atoms with Crippen LogP contribution in [0.15, 0.2) is 0 Å². The zero-order valence-corrected chi connectivity index (χ0v) is 10.3. The molecule has 2 bridgehead atoms. The van der Waals surface area contributed by atoms with Gasteiger partial charge in [0.15, 0.2) is 0 Å². The number of alkyl halides is 1. The van der Waals surface area contributed by atoms with E-state index in [2.05, 4.69) is 29.6 Å². The number of likely N-dealkylation sites (N-methyl/N-ethyl adjacent to an activating group) is 1. The van der Waals surface area contributed by atoms with Crippen molar-refractivity contribution in [3.05, 3.63) is 0 Å². The smallest absolute Gasteiger partial charge is 0.103 e. The Hall–Kier alpha value is 0.650. The number of hydrogen-bond donors (Lipinski definition) is 0. The van der Waals surface area contributed by atoms with Gasteiger partial charge in [-0.05, 0) is 0 Å². The van der Waals surface area contributed by atoms with Crippen LogP contribution in [-0.2, 0) is 4.74 Å². The van der Waals surface area contributed by atoms with Gasteiger partial charge in [0.25, 0.3) is 0 Å². The lowest BCUT2D eigenvalue weighted by Gasteiger charge is -2.73. The minimum Gasteiger partial charge on any atom is -0.370 e. The summed E-state index contributed by atoms with van der Waals surface area (Å²) < 4.78 is 7.48. The number of halogens is 1. The average molecular weight is 294 g/mol. The third-order valence-corrected chi connectivity index (χ3v) is 5.69. The van der Waals surface area contributed by atoms with Gasteiger partial charge in [0.1, 0.15) is 18.6 Å². The zero-order chi connectivity index (χ0) is 9.16. The van der Waals surface area contributed by atoms with Gasteiger partial charge in [-0.15, -0.1) is 0 Å². The van der Waals surface area contributed by atoms with Crippen molar-refractivity contribution in [3.8, 4) is 0 Å². The Kier molecular flexibility index (Phi) is 1.66. The Morgan fingerprint density at radius 2 is 1.69 bits per heavy atom. The molecular formula is C10H17INO+. The van der Waals surface area contributed by atoms with Crippen molar-refractivity contribution < 1.29 is 9.22 Å². The minimum absolute atomic E-state index is 0.685. The molecule has 13 heavy (non-hydrogen) atoms. The molecule has 1 aliphatic heterocycles. The lowest BCUT2D eigenvalue weighted by atomic mass is 9.48. The minimum atomic E-state index is 0.685. The summed E-state index contributed by atoms with van der Waals surface area (Å²) in [6.45, 7) is 4.44. The molecule has 0 atom stereocenters. The van der Waals surface area contributed by atoms with Crippen LogP contribution in [0.5, 0.6) is 0 Å². The Bertz CT molecular complexity index is 228. The van der Waals surface area contributed by atoms with E-state index in [0.29, 0.717) is 5.54 Å². The fourth-order valence-electron chi connectivity index (χ4n) is 3.41. The lowest BCUT2D eigenvalue weighted by Crippen LogP contribution is -2.83. The van der Waals surface area contributed by atoms with Gasteiger partial charge in [-0.2, -0.15) is 0 Å². The average Bonchev–Trinajstić information content (AvgIpc) is 1.98. The molecule has 0 N–H and O–H groups in total. The van der Waals surface area contributed by atoms with E-state index in [1.54, 1.807) is 0 Å². The van der Waals surface area contributed by atoms with Gasteiger partial charge in [-0.25, -0.2) is 0 Å². The Morgan fingerprint density at radius 1 is 1.15 bits per heavy atom. The molecule has 0 spiro atoms. The molecule has 4 fully saturated rings. The maximum Gasteiger partial charge on any atom is 0.103 e. The second-order valence-corrected chi connectivity index (χ2v) is 7.65. The first kappa shape index (κ1) is 8.92. The molecule has 0 aromatic carbocycles. The molecule has 2 nitrogen and oxygen atoms in total. The maximum atomic E-state index is 5.45. The van der Waals surface area contributed by atoms with Crippen LogP contribution >= 0.6 is 22.6 Å².